The molecule has 1 aromatic carbocycles. The first-order valence-corrected chi connectivity index (χ1v) is 5.12. The molecule has 1 amide bonds. The lowest BCUT2D eigenvalue weighted by molar-refractivity contribution is -0.121. The van der Waals surface area contributed by atoms with Crippen molar-refractivity contribution in [3.63, 3.8) is 0 Å². The summed E-state index contributed by atoms with van der Waals surface area (Å²) in [5.74, 6) is 0.343. The minimum absolute atomic E-state index is 0.0313. The molecule has 0 radical (unpaired) electrons. The molecule has 1 unspecified atom stereocenters. The van der Waals surface area contributed by atoms with E-state index in [1.165, 1.54) is 0 Å². The molecule has 1 aromatic rings. The monoisotopic (exact) mass is 207 g/mol. The van der Waals surface area contributed by atoms with Crippen LogP contribution in [-0.2, 0) is 4.79 Å². The normalized spacial score (nSPS) is 12.2. The second kappa shape index (κ2) is 4.82. The molecular formula is C12H17NO2. The minimum Gasteiger partial charge on any atom is -0.508 e. The SMILES string of the molecule is CCC(C)C(=O)N(C)c1ccc(O)cc1. The maximum atomic E-state index is 11.8. The van der Waals surface area contributed by atoms with Gasteiger partial charge in [-0.1, -0.05) is 13.8 Å². The molecule has 3 heteroatoms. The quantitative estimate of drug-likeness (QED) is 0.826. The molecule has 0 bridgehead atoms. The standard InChI is InChI=1S/C12H17NO2/c1-4-9(2)12(15)13(3)10-5-7-11(14)8-6-10/h5-9,14H,4H2,1-3H3. The van der Waals surface area contributed by atoms with Crippen LogP contribution in [0.5, 0.6) is 5.75 Å². The summed E-state index contributed by atoms with van der Waals surface area (Å²) in [5.41, 5.74) is 0.804. The summed E-state index contributed by atoms with van der Waals surface area (Å²) < 4.78 is 0. The van der Waals surface area contributed by atoms with Gasteiger partial charge in [-0.25, -0.2) is 0 Å². The van der Waals surface area contributed by atoms with Gasteiger partial charge in [0.15, 0.2) is 0 Å². The number of rotatable bonds is 3. The third-order valence-corrected chi connectivity index (χ3v) is 2.60. The zero-order valence-corrected chi connectivity index (χ0v) is 9.40. The fraction of sp³-hybridized carbons (Fsp3) is 0.417. The van der Waals surface area contributed by atoms with Gasteiger partial charge in [0.2, 0.25) is 5.91 Å². The van der Waals surface area contributed by atoms with Gasteiger partial charge >= 0.3 is 0 Å². The van der Waals surface area contributed by atoms with E-state index in [1.807, 2.05) is 13.8 Å². The minimum atomic E-state index is 0.0313. The Labute approximate surface area is 90.3 Å². The number of amides is 1. The van der Waals surface area contributed by atoms with E-state index in [0.717, 1.165) is 12.1 Å². The average Bonchev–Trinajstić information content (AvgIpc) is 2.27. The topological polar surface area (TPSA) is 40.5 Å². The molecular weight excluding hydrogens is 190 g/mol. The van der Waals surface area contributed by atoms with E-state index in [2.05, 4.69) is 0 Å². The molecule has 0 aliphatic carbocycles. The van der Waals surface area contributed by atoms with Gasteiger partial charge in [0.25, 0.3) is 0 Å². The number of benzene rings is 1. The summed E-state index contributed by atoms with van der Waals surface area (Å²) in [6.07, 6.45) is 0.835. The van der Waals surface area contributed by atoms with Gasteiger partial charge < -0.3 is 10.0 Å². The third-order valence-electron chi connectivity index (χ3n) is 2.60. The average molecular weight is 207 g/mol. The molecule has 0 aliphatic heterocycles. The molecule has 3 nitrogen and oxygen atoms in total. The van der Waals surface area contributed by atoms with Crippen LogP contribution in [0.1, 0.15) is 20.3 Å². The highest BCUT2D eigenvalue weighted by atomic mass is 16.3. The number of anilines is 1. The molecule has 0 heterocycles. The number of hydrogen-bond acceptors (Lipinski definition) is 2. The molecule has 0 aromatic heterocycles. The fourth-order valence-electron chi connectivity index (χ4n) is 1.31. The summed E-state index contributed by atoms with van der Waals surface area (Å²) in [6, 6.07) is 6.62. The molecule has 1 atom stereocenters. The van der Waals surface area contributed by atoms with Crippen LogP contribution >= 0.6 is 0 Å². The van der Waals surface area contributed by atoms with Crippen molar-refractivity contribution in [3.05, 3.63) is 24.3 Å². The summed E-state index contributed by atoms with van der Waals surface area (Å²) in [7, 11) is 1.75. The molecule has 0 spiro atoms. The van der Waals surface area contributed by atoms with Crippen molar-refractivity contribution in [2.75, 3.05) is 11.9 Å². The van der Waals surface area contributed by atoms with E-state index in [-0.39, 0.29) is 17.6 Å². The Bertz CT molecular complexity index is 332. The Morgan fingerprint density at radius 2 is 1.93 bits per heavy atom. The Hall–Kier alpha value is -1.51. The van der Waals surface area contributed by atoms with Gasteiger partial charge in [-0.3, -0.25) is 4.79 Å². The van der Waals surface area contributed by atoms with Crippen LogP contribution in [0.3, 0.4) is 0 Å². The molecule has 82 valence electrons. The van der Waals surface area contributed by atoms with E-state index in [1.54, 1.807) is 36.2 Å². The highest BCUT2D eigenvalue weighted by molar-refractivity contribution is 5.94. The molecule has 1 N–H and O–H groups in total. The number of phenols is 1. The highest BCUT2D eigenvalue weighted by Crippen LogP contribution is 2.19. The van der Waals surface area contributed by atoms with Crippen LogP contribution in [0.2, 0.25) is 0 Å². The van der Waals surface area contributed by atoms with Crippen molar-refractivity contribution < 1.29 is 9.90 Å². The van der Waals surface area contributed by atoms with Crippen LogP contribution in [0, 0.1) is 5.92 Å². The van der Waals surface area contributed by atoms with Gasteiger partial charge in [0.05, 0.1) is 0 Å². The molecule has 1 rings (SSSR count). The van der Waals surface area contributed by atoms with Crippen LogP contribution in [0.25, 0.3) is 0 Å². The van der Waals surface area contributed by atoms with Gasteiger partial charge in [0.1, 0.15) is 5.75 Å². The zero-order chi connectivity index (χ0) is 11.4. The van der Waals surface area contributed by atoms with Gasteiger partial charge in [-0.15, -0.1) is 0 Å². The first-order valence-electron chi connectivity index (χ1n) is 5.12. The smallest absolute Gasteiger partial charge is 0.229 e. The number of carbonyl (C=O) groups excluding carboxylic acids is 1. The van der Waals surface area contributed by atoms with E-state index < -0.39 is 0 Å². The predicted molar refractivity (Wildman–Crippen MR) is 61.0 cm³/mol. The van der Waals surface area contributed by atoms with Crippen molar-refractivity contribution in [2.45, 2.75) is 20.3 Å². The number of nitrogens with zero attached hydrogens (tertiary/aromatic N) is 1. The van der Waals surface area contributed by atoms with E-state index in [9.17, 15) is 4.79 Å². The number of hydrogen-bond donors (Lipinski definition) is 1. The molecule has 0 saturated carbocycles. The maximum Gasteiger partial charge on any atom is 0.229 e. The molecule has 0 saturated heterocycles. The van der Waals surface area contributed by atoms with Crippen molar-refractivity contribution in [1.82, 2.24) is 0 Å². The van der Waals surface area contributed by atoms with Crippen molar-refractivity contribution in [3.8, 4) is 5.75 Å². The van der Waals surface area contributed by atoms with E-state index in [0.29, 0.717) is 0 Å². The summed E-state index contributed by atoms with van der Waals surface area (Å²) in [4.78, 5) is 13.4. The lowest BCUT2D eigenvalue weighted by Gasteiger charge is -2.20. The maximum absolute atomic E-state index is 11.8. The Morgan fingerprint density at radius 1 is 1.40 bits per heavy atom. The molecule has 0 aliphatic rings. The molecule has 15 heavy (non-hydrogen) atoms. The fourth-order valence-corrected chi connectivity index (χ4v) is 1.31. The first kappa shape index (κ1) is 11.6. The predicted octanol–water partition coefficient (Wildman–Crippen LogP) is 2.40. The van der Waals surface area contributed by atoms with Gasteiger partial charge in [0, 0.05) is 18.7 Å². The zero-order valence-electron chi connectivity index (χ0n) is 9.40. The second-order valence-electron chi connectivity index (χ2n) is 3.72. The Kier molecular flexibility index (Phi) is 3.72. The van der Waals surface area contributed by atoms with Crippen LogP contribution < -0.4 is 4.90 Å². The van der Waals surface area contributed by atoms with Crippen LogP contribution in [-0.4, -0.2) is 18.1 Å². The first-order chi connectivity index (χ1) is 7.06. The number of carbonyl (C=O) groups is 1. The third kappa shape index (κ3) is 2.72. The van der Waals surface area contributed by atoms with Crippen LogP contribution in [0.4, 0.5) is 5.69 Å². The van der Waals surface area contributed by atoms with Crippen molar-refractivity contribution in [2.24, 2.45) is 5.92 Å². The lowest BCUT2D eigenvalue weighted by Crippen LogP contribution is -2.31. The largest absolute Gasteiger partial charge is 0.508 e. The highest BCUT2D eigenvalue weighted by Gasteiger charge is 2.16. The summed E-state index contributed by atoms with van der Waals surface area (Å²) in [6.45, 7) is 3.91. The second-order valence-corrected chi connectivity index (χ2v) is 3.72. The number of aromatic hydroxyl groups is 1. The molecule has 0 fully saturated rings. The van der Waals surface area contributed by atoms with E-state index >= 15 is 0 Å². The van der Waals surface area contributed by atoms with Gasteiger partial charge in [-0.05, 0) is 30.7 Å². The summed E-state index contributed by atoms with van der Waals surface area (Å²) in [5, 5.41) is 9.13. The number of phenolic OH excluding ortho intramolecular Hbond substituents is 1. The lowest BCUT2D eigenvalue weighted by atomic mass is 10.1. The van der Waals surface area contributed by atoms with Crippen molar-refractivity contribution in [1.29, 1.82) is 0 Å². The van der Waals surface area contributed by atoms with Gasteiger partial charge in [-0.2, -0.15) is 0 Å². The van der Waals surface area contributed by atoms with Crippen LogP contribution in [0.15, 0.2) is 24.3 Å². The van der Waals surface area contributed by atoms with Crippen molar-refractivity contribution >= 4 is 11.6 Å². The Balaban J connectivity index is 2.80. The Morgan fingerprint density at radius 3 is 2.40 bits per heavy atom. The summed E-state index contributed by atoms with van der Waals surface area (Å²) >= 11 is 0. The van der Waals surface area contributed by atoms with E-state index in [4.69, 9.17) is 5.11 Å².